The fourth-order valence-electron chi connectivity index (χ4n) is 5.20. The first-order chi connectivity index (χ1) is 10.3. The summed E-state index contributed by atoms with van der Waals surface area (Å²) in [6, 6.07) is 0.372. The van der Waals surface area contributed by atoms with Gasteiger partial charge in [-0.3, -0.25) is 9.80 Å². The van der Waals surface area contributed by atoms with Crippen LogP contribution in [0.4, 0.5) is 0 Å². The van der Waals surface area contributed by atoms with E-state index < -0.39 is 0 Å². The van der Waals surface area contributed by atoms with Crippen molar-refractivity contribution in [3.05, 3.63) is 0 Å². The molecule has 3 atom stereocenters. The Bertz CT molecular complexity index is 356. The number of rotatable bonds is 2. The quantitative estimate of drug-likeness (QED) is 0.837. The lowest BCUT2D eigenvalue weighted by Gasteiger charge is -2.52. The van der Waals surface area contributed by atoms with Gasteiger partial charge in [-0.05, 0) is 31.6 Å². The number of ether oxygens (including phenoxy) is 1. The third kappa shape index (κ3) is 2.76. The molecule has 0 aromatic rings. The molecule has 1 spiro atoms. The lowest BCUT2D eigenvalue weighted by atomic mass is 9.73. The van der Waals surface area contributed by atoms with Gasteiger partial charge in [0.1, 0.15) is 0 Å². The Labute approximate surface area is 128 Å². The molecule has 2 bridgehead atoms. The smallest absolute Gasteiger partial charge is 0.0737 e. The summed E-state index contributed by atoms with van der Waals surface area (Å²) < 4.78 is 6.20. The van der Waals surface area contributed by atoms with Crippen molar-refractivity contribution >= 4 is 0 Å². The predicted octanol–water partition coefficient (Wildman–Crippen LogP) is 1.48. The maximum Gasteiger partial charge on any atom is 0.0737 e. The van der Waals surface area contributed by atoms with E-state index >= 15 is 0 Å². The molecule has 4 aliphatic heterocycles. The Morgan fingerprint density at radius 2 is 1.81 bits per heavy atom. The van der Waals surface area contributed by atoms with Gasteiger partial charge in [-0.1, -0.05) is 19.3 Å². The van der Waals surface area contributed by atoms with E-state index in [0.29, 0.717) is 12.0 Å². The number of aliphatic hydroxyl groups is 1. The molecule has 0 amide bonds. The van der Waals surface area contributed by atoms with Gasteiger partial charge in [-0.15, -0.1) is 0 Å². The topological polar surface area (TPSA) is 35.9 Å². The molecule has 4 heteroatoms. The summed E-state index contributed by atoms with van der Waals surface area (Å²) in [5, 5.41) is 11.0. The summed E-state index contributed by atoms with van der Waals surface area (Å²) in [6.45, 7) is 6.62. The number of nitrogens with zero attached hydrogens (tertiary/aromatic N) is 2. The van der Waals surface area contributed by atoms with E-state index in [4.69, 9.17) is 4.74 Å². The average molecular weight is 294 g/mol. The van der Waals surface area contributed by atoms with Crippen LogP contribution < -0.4 is 0 Å². The molecule has 1 saturated carbocycles. The number of fused-ring (bicyclic) bond motifs is 3. The molecule has 4 nitrogen and oxygen atoms in total. The number of aliphatic hydroxyl groups excluding tert-OH is 1. The van der Waals surface area contributed by atoms with Gasteiger partial charge in [-0.25, -0.2) is 0 Å². The highest BCUT2D eigenvalue weighted by molar-refractivity contribution is 4.98. The van der Waals surface area contributed by atoms with Crippen LogP contribution >= 0.6 is 0 Å². The van der Waals surface area contributed by atoms with Crippen molar-refractivity contribution in [1.29, 1.82) is 0 Å². The minimum absolute atomic E-state index is 0.117. The summed E-state index contributed by atoms with van der Waals surface area (Å²) in [5.74, 6) is 0.447. The predicted molar refractivity (Wildman–Crippen MR) is 82.3 cm³/mol. The van der Waals surface area contributed by atoms with Crippen LogP contribution in [-0.2, 0) is 4.74 Å². The Balaban J connectivity index is 1.43. The average Bonchev–Trinajstić information content (AvgIpc) is 2.56. The van der Waals surface area contributed by atoms with Crippen molar-refractivity contribution in [2.75, 3.05) is 39.3 Å². The summed E-state index contributed by atoms with van der Waals surface area (Å²) in [6.07, 6.45) is 8.41. The first-order valence-electron chi connectivity index (χ1n) is 9.04. The van der Waals surface area contributed by atoms with Crippen LogP contribution in [0.1, 0.15) is 44.9 Å². The highest BCUT2D eigenvalue weighted by Crippen LogP contribution is 2.42. The van der Waals surface area contributed by atoms with Crippen LogP contribution in [0.5, 0.6) is 0 Å². The molecule has 21 heavy (non-hydrogen) atoms. The van der Waals surface area contributed by atoms with Crippen LogP contribution in [0.2, 0.25) is 0 Å². The van der Waals surface area contributed by atoms with Crippen molar-refractivity contribution < 1.29 is 9.84 Å². The molecule has 4 heterocycles. The van der Waals surface area contributed by atoms with E-state index in [0.717, 1.165) is 39.1 Å². The van der Waals surface area contributed by atoms with Crippen LogP contribution in [0.3, 0.4) is 0 Å². The number of hydrogen-bond donors (Lipinski definition) is 1. The molecular formula is C17H30N2O2. The molecule has 1 N–H and O–H groups in total. The van der Waals surface area contributed by atoms with Crippen molar-refractivity contribution in [3.63, 3.8) is 0 Å². The minimum atomic E-state index is -0.157. The SMILES string of the molecule is OC(C1CCOC2(CCCCC2)C1)C1CN2CCN1CC2. The van der Waals surface area contributed by atoms with Gasteiger partial charge in [0, 0.05) is 45.4 Å². The molecule has 5 rings (SSSR count). The minimum Gasteiger partial charge on any atom is -0.391 e. The van der Waals surface area contributed by atoms with Gasteiger partial charge in [0.25, 0.3) is 0 Å². The lowest BCUT2D eigenvalue weighted by Crippen LogP contribution is -2.65. The third-order valence-electron chi connectivity index (χ3n) is 6.49. The molecule has 3 unspecified atom stereocenters. The van der Waals surface area contributed by atoms with E-state index in [1.807, 2.05) is 0 Å². The second-order valence-corrected chi connectivity index (χ2v) is 7.74. The van der Waals surface area contributed by atoms with E-state index in [2.05, 4.69) is 9.80 Å². The summed E-state index contributed by atoms with van der Waals surface area (Å²) in [5.41, 5.74) is 0.117. The Hall–Kier alpha value is -0.160. The second kappa shape index (κ2) is 5.80. The first kappa shape index (κ1) is 14.4. The molecular weight excluding hydrogens is 264 g/mol. The maximum atomic E-state index is 11.0. The summed E-state index contributed by atoms with van der Waals surface area (Å²) in [7, 11) is 0. The van der Waals surface area contributed by atoms with Gasteiger partial charge in [0.05, 0.1) is 11.7 Å². The fraction of sp³-hybridized carbons (Fsp3) is 1.00. The fourth-order valence-corrected chi connectivity index (χ4v) is 5.20. The van der Waals surface area contributed by atoms with E-state index in [-0.39, 0.29) is 11.7 Å². The van der Waals surface area contributed by atoms with Crippen molar-refractivity contribution in [1.82, 2.24) is 9.80 Å². The maximum absolute atomic E-state index is 11.0. The molecule has 5 aliphatic rings. The van der Waals surface area contributed by atoms with E-state index in [9.17, 15) is 5.11 Å². The Morgan fingerprint density at radius 1 is 1.05 bits per heavy atom. The van der Waals surface area contributed by atoms with Crippen molar-refractivity contribution in [3.8, 4) is 0 Å². The highest BCUT2D eigenvalue weighted by Gasteiger charge is 2.45. The van der Waals surface area contributed by atoms with Crippen LogP contribution in [-0.4, -0.2) is 72.0 Å². The van der Waals surface area contributed by atoms with Crippen LogP contribution in [0, 0.1) is 5.92 Å². The monoisotopic (exact) mass is 294 g/mol. The van der Waals surface area contributed by atoms with Gasteiger partial charge in [0.2, 0.25) is 0 Å². The highest BCUT2D eigenvalue weighted by atomic mass is 16.5. The van der Waals surface area contributed by atoms with Gasteiger partial charge in [0.15, 0.2) is 0 Å². The molecule has 1 aliphatic carbocycles. The van der Waals surface area contributed by atoms with E-state index in [1.165, 1.54) is 45.2 Å². The van der Waals surface area contributed by atoms with Gasteiger partial charge < -0.3 is 9.84 Å². The second-order valence-electron chi connectivity index (χ2n) is 7.74. The third-order valence-corrected chi connectivity index (χ3v) is 6.49. The standard InChI is InChI=1S/C17H30N2O2/c20-16(15-13-18-7-9-19(15)10-8-18)14-4-11-21-17(12-14)5-2-1-3-6-17/h14-16,20H,1-13H2. The van der Waals surface area contributed by atoms with Gasteiger partial charge >= 0.3 is 0 Å². The zero-order chi connectivity index (χ0) is 14.3. The molecule has 120 valence electrons. The Morgan fingerprint density at radius 3 is 2.48 bits per heavy atom. The largest absolute Gasteiger partial charge is 0.391 e. The summed E-state index contributed by atoms with van der Waals surface area (Å²) in [4.78, 5) is 5.07. The van der Waals surface area contributed by atoms with Crippen molar-refractivity contribution in [2.24, 2.45) is 5.92 Å². The van der Waals surface area contributed by atoms with Crippen molar-refractivity contribution in [2.45, 2.75) is 62.7 Å². The number of piperazine rings is 3. The van der Waals surface area contributed by atoms with Crippen LogP contribution in [0.25, 0.3) is 0 Å². The molecule has 0 aromatic heterocycles. The first-order valence-corrected chi connectivity index (χ1v) is 9.04. The molecule has 0 aromatic carbocycles. The molecule has 4 saturated heterocycles. The van der Waals surface area contributed by atoms with Crippen LogP contribution in [0.15, 0.2) is 0 Å². The molecule has 5 fully saturated rings. The lowest BCUT2D eigenvalue weighted by molar-refractivity contribution is -0.149. The zero-order valence-electron chi connectivity index (χ0n) is 13.2. The Kier molecular flexibility index (Phi) is 3.99. The molecule has 0 radical (unpaired) electrons. The van der Waals surface area contributed by atoms with Gasteiger partial charge in [-0.2, -0.15) is 0 Å². The normalized spacial score (nSPS) is 43.9. The number of hydrogen-bond acceptors (Lipinski definition) is 4. The van der Waals surface area contributed by atoms with E-state index in [1.54, 1.807) is 0 Å². The summed E-state index contributed by atoms with van der Waals surface area (Å²) >= 11 is 0. The zero-order valence-corrected chi connectivity index (χ0v) is 13.2.